The molecule has 12 heavy (non-hydrogen) atoms. The molecule has 0 aliphatic carbocycles. The highest BCUT2D eigenvalue weighted by molar-refractivity contribution is 5.08. The number of aromatic nitrogens is 3. The molecule has 0 spiro atoms. The molecule has 1 saturated heterocycles. The third kappa shape index (κ3) is 1.21. The molecule has 0 amide bonds. The van der Waals surface area contributed by atoms with E-state index in [1.54, 1.807) is 6.20 Å². The van der Waals surface area contributed by atoms with Crippen LogP contribution in [0.3, 0.4) is 0 Å². The van der Waals surface area contributed by atoms with Crippen LogP contribution < -0.4 is 5.32 Å². The first kappa shape index (κ1) is 7.70. The van der Waals surface area contributed by atoms with Crippen LogP contribution in [0.1, 0.15) is 18.5 Å². The summed E-state index contributed by atoms with van der Waals surface area (Å²) in [4.78, 5) is 0. The third-order valence-electron chi connectivity index (χ3n) is 2.25. The Morgan fingerprint density at radius 3 is 3.08 bits per heavy atom. The van der Waals surface area contributed by atoms with Crippen molar-refractivity contribution in [2.75, 3.05) is 13.1 Å². The molecule has 0 radical (unpaired) electrons. The van der Waals surface area contributed by atoms with Crippen LogP contribution in [-0.2, 0) is 5.60 Å². The van der Waals surface area contributed by atoms with Gasteiger partial charge in [-0.2, -0.15) is 15.4 Å². The van der Waals surface area contributed by atoms with E-state index in [0.29, 0.717) is 12.2 Å². The number of aliphatic hydroxyl groups is 1. The monoisotopic (exact) mass is 168 g/mol. The van der Waals surface area contributed by atoms with Gasteiger partial charge in [0.1, 0.15) is 11.3 Å². The molecule has 3 N–H and O–H groups in total. The van der Waals surface area contributed by atoms with E-state index >= 15 is 0 Å². The Morgan fingerprint density at radius 2 is 2.50 bits per heavy atom. The Kier molecular flexibility index (Phi) is 1.82. The minimum absolute atomic E-state index is 0.569. The summed E-state index contributed by atoms with van der Waals surface area (Å²) in [5.41, 5.74) is -0.180. The number of H-pyrrole nitrogens is 1. The van der Waals surface area contributed by atoms with Crippen molar-refractivity contribution in [2.45, 2.75) is 18.4 Å². The zero-order valence-corrected chi connectivity index (χ0v) is 6.75. The lowest BCUT2D eigenvalue weighted by molar-refractivity contribution is 0.00816. The fourth-order valence-corrected chi connectivity index (χ4v) is 1.53. The Bertz CT molecular complexity index is 240. The van der Waals surface area contributed by atoms with E-state index in [2.05, 4.69) is 20.7 Å². The number of nitrogens with one attached hydrogen (secondary N) is 2. The number of piperidine rings is 1. The van der Waals surface area contributed by atoms with Crippen molar-refractivity contribution < 1.29 is 5.11 Å². The number of hydrogen-bond acceptors (Lipinski definition) is 4. The Balaban J connectivity index is 2.19. The van der Waals surface area contributed by atoms with Crippen LogP contribution in [0.25, 0.3) is 0 Å². The Labute approximate surface area is 70.2 Å². The summed E-state index contributed by atoms with van der Waals surface area (Å²) < 4.78 is 0. The second kappa shape index (κ2) is 2.84. The maximum absolute atomic E-state index is 10.0. The molecular weight excluding hydrogens is 156 g/mol. The fourth-order valence-electron chi connectivity index (χ4n) is 1.53. The normalized spacial score (nSPS) is 30.4. The summed E-state index contributed by atoms with van der Waals surface area (Å²) >= 11 is 0. The predicted octanol–water partition coefficient (Wildman–Crippen LogP) is -0.624. The SMILES string of the molecule is OC1(c2cn[nH]n2)CCCNC1. The van der Waals surface area contributed by atoms with Crippen molar-refractivity contribution in [1.82, 2.24) is 20.7 Å². The van der Waals surface area contributed by atoms with Gasteiger partial charge in [-0.3, -0.25) is 0 Å². The van der Waals surface area contributed by atoms with Crippen LogP contribution in [0, 0.1) is 0 Å². The summed E-state index contributed by atoms with van der Waals surface area (Å²) in [7, 11) is 0. The second-order valence-corrected chi connectivity index (χ2v) is 3.17. The molecule has 5 nitrogen and oxygen atoms in total. The molecule has 1 fully saturated rings. The van der Waals surface area contributed by atoms with Gasteiger partial charge in [-0.25, -0.2) is 0 Å². The van der Waals surface area contributed by atoms with Gasteiger partial charge in [-0.15, -0.1) is 0 Å². The molecule has 2 rings (SSSR count). The molecule has 1 aromatic rings. The van der Waals surface area contributed by atoms with Crippen molar-refractivity contribution in [3.8, 4) is 0 Å². The van der Waals surface area contributed by atoms with Crippen LogP contribution in [0.4, 0.5) is 0 Å². The highest BCUT2D eigenvalue weighted by Gasteiger charge is 2.33. The van der Waals surface area contributed by atoms with Gasteiger partial charge in [0.25, 0.3) is 0 Å². The van der Waals surface area contributed by atoms with Crippen molar-refractivity contribution in [1.29, 1.82) is 0 Å². The van der Waals surface area contributed by atoms with Crippen molar-refractivity contribution >= 4 is 0 Å². The molecular formula is C7H12N4O. The second-order valence-electron chi connectivity index (χ2n) is 3.17. The Hall–Kier alpha value is -0.940. The van der Waals surface area contributed by atoms with Gasteiger partial charge in [0.15, 0.2) is 0 Å². The molecule has 1 aliphatic rings. The van der Waals surface area contributed by atoms with Crippen molar-refractivity contribution in [2.24, 2.45) is 0 Å². The highest BCUT2D eigenvalue weighted by atomic mass is 16.3. The van der Waals surface area contributed by atoms with Crippen LogP contribution in [0.2, 0.25) is 0 Å². The zero-order valence-electron chi connectivity index (χ0n) is 6.75. The smallest absolute Gasteiger partial charge is 0.122 e. The average Bonchev–Trinajstić information content (AvgIpc) is 2.58. The van der Waals surface area contributed by atoms with E-state index in [1.165, 1.54) is 0 Å². The number of aromatic amines is 1. The molecule has 0 saturated carbocycles. The molecule has 2 heterocycles. The lowest BCUT2D eigenvalue weighted by atomic mass is 9.91. The molecule has 1 unspecified atom stereocenters. The maximum Gasteiger partial charge on any atom is 0.122 e. The van der Waals surface area contributed by atoms with E-state index in [-0.39, 0.29) is 0 Å². The summed E-state index contributed by atoms with van der Waals surface area (Å²) in [6, 6.07) is 0. The third-order valence-corrected chi connectivity index (χ3v) is 2.25. The summed E-state index contributed by atoms with van der Waals surface area (Å²) in [6.07, 6.45) is 3.31. The Morgan fingerprint density at radius 1 is 1.58 bits per heavy atom. The van der Waals surface area contributed by atoms with Crippen LogP contribution in [0.15, 0.2) is 6.20 Å². The molecule has 0 bridgehead atoms. The summed E-state index contributed by atoms with van der Waals surface area (Å²) in [5.74, 6) is 0. The number of rotatable bonds is 1. The zero-order chi connectivity index (χ0) is 8.44. The lowest BCUT2D eigenvalue weighted by Gasteiger charge is -2.30. The number of β-amino-alcohol motifs (C(OH)–C–C–N with tert-alkyl or cyclic N) is 1. The van der Waals surface area contributed by atoms with Crippen LogP contribution in [0.5, 0.6) is 0 Å². The standard InChI is InChI=1S/C7H12N4O/c12-7(2-1-3-8-5-7)6-4-9-11-10-6/h4,8,12H,1-3,5H2,(H,9,10,11). The van der Waals surface area contributed by atoms with Crippen LogP contribution >= 0.6 is 0 Å². The molecule has 1 aromatic heterocycles. The van der Waals surface area contributed by atoms with Gasteiger partial charge in [-0.05, 0) is 19.4 Å². The van der Waals surface area contributed by atoms with E-state index < -0.39 is 5.60 Å². The lowest BCUT2D eigenvalue weighted by Crippen LogP contribution is -2.43. The quantitative estimate of drug-likeness (QED) is 0.522. The largest absolute Gasteiger partial charge is 0.382 e. The van der Waals surface area contributed by atoms with E-state index in [4.69, 9.17) is 0 Å². The van der Waals surface area contributed by atoms with Gasteiger partial charge in [-0.1, -0.05) is 0 Å². The van der Waals surface area contributed by atoms with Crippen molar-refractivity contribution in [3.63, 3.8) is 0 Å². The summed E-state index contributed by atoms with van der Waals surface area (Å²) in [5, 5.41) is 23.2. The first-order valence-corrected chi connectivity index (χ1v) is 4.11. The molecule has 0 aromatic carbocycles. The number of hydrogen-bond donors (Lipinski definition) is 3. The first-order valence-electron chi connectivity index (χ1n) is 4.11. The average molecular weight is 168 g/mol. The van der Waals surface area contributed by atoms with E-state index in [9.17, 15) is 5.11 Å². The molecule has 5 heteroatoms. The van der Waals surface area contributed by atoms with E-state index in [0.717, 1.165) is 19.4 Å². The molecule has 1 atom stereocenters. The van der Waals surface area contributed by atoms with Gasteiger partial charge in [0.05, 0.1) is 6.20 Å². The number of nitrogens with zero attached hydrogens (tertiary/aromatic N) is 2. The maximum atomic E-state index is 10.0. The summed E-state index contributed by atoms with van der Waals surface area (Å²) in [6.45, 7) is 1.54. The minimum Gasteiger partial charge on any atom is -0.382 e. The van der Waals surface area contributed by atoms with Crippen molar-refractivity contribution in [3.05, 3.63) is 11.9 Å². The van der Waals surface area contributed by atoms with E-state index in [1.807, 2.05) is 0 Å². The predicted molar refractivity (Wildman–Crippen MR) is 42.4 cm³/mol. The first-order chi connectivity index (χ1) is 5.81. The van der Waals surface area contributed by atoms with Gasteiger partial charge in [0.2, 0.25) is 0 Å². The van der Waals surface area contributed by atoms with Crippen LogP contribution in [-0.4, -0.2) is 33.6 Å². The van der Waals surface area contributed by atoms with Gasteiger partial charge in [0, 0.05) is 6.54 Å². The fraction of sp³-hybridized carbons (Fsp3) is 0.714. The van der Waals surface area contributed by atoms with Gasteiger partial charge < -0.3 is 10.4 Å². The molecule has 1 aliphatic heterocycles. The minimum atomic E-state index is -0.814. The topological polar surface area (TPSA) is 73.8 Å². The highest BCUT2D eigenvalue weighted by Crippen LogP contribution is 2.25. The molecule has 66 valence electrons. The van der Waals surface area contributed by atoms with Gasteiger partial charge >= 0.3 is 0 Å².